The van der Waals surface area contributed by atoms with Gasteiger partial charge in [-0.15, -0.1) is 6.61 Å². The molecular weight excluding hydrogens is 217 g/mol. The zero-order valence-corrected chi connectivity index (χ0v) is 13.7. The molecule has 1 amide bonds. The smallest absolute Gasteiger partial charge is 0.854 e. The Morgan fingerprint density at radius 3 is 2.33 bits per heavy atom. The summed E-state index contributed by atoms with van der Waals surface area (Å²) in [5, 5.41) is 12.8. The first kappa shape index (κ1) is 18.4. The number of hydrogen-bond donors (Lipinski definition) is 1. The van der Waals surface area contributed by atoms with E-state index in [0.717, 1.165) is 12.8 Å². The van der Waals surface area contributed by atoms with Crippen LogP contribution in [0.1, 0.15) is 46.5 Å². The molecule has 0 aromatic heterocycles. The van der Waals surface area contributed by atoms with E-state index in [2.05, 4.69) is 26.1 Å². The number of amides is 1. The Morgan fingerprint density at radius 2 is 1.87 bits per heavy atom. The van der Waals surface area contributed by atoms with E-state index < -0.39 is 0 Å². The van der Waals surface area contributed by atoms with Crippen LogP contribution in [0.25, 0.3) is 0 Å². The third-order valence-electron chi connectivity index (χ3n) is 1.97. The van der Waals surface area contributed by atoms with Crippen molar-refractivity contribution in [3.63, 3.8) is 0 Å². The summed E-state index contributed by atoms with van der Waals surface area (Å²) in [5.74, 6) is 0.0719. The van der Waals surface area contributed by atoms with Gasteiger partial charge in [0, 0.05) is 13.0 Å². The summed E-state index contributed by atoms with van der Waals surface area (Å²) in [6.45, 7) is 6.92. The molecule has 0 aliphatic carbocycles. The zero-order valence-electron chi connectivity index (χ0n) is 10.6. The maximum absolute atomic E-state index is 11.2. The molecule has 15 heavy (non-hydrogen) atoms. The molecule has 0 saturated carbocycles. The van der Waals surface area contributed by atoms with Gasteiger partial charge in [-0.05, 0) is 18.3 Å². The van der Waals surface area contributed by atoms with Crippen molar-refractivity contribution in [1.82, 2.24) is 5.32 Å². The van der Waals surface area contributed by atoms with E-state index in [1.54, 1.807) is 0 Å². The van der Waals surface area contributed by atoms with Crippen molar-refractivity contribution in [3.8, 4) is 0 Å². The summed E-state index contributed by atoms with van der Waals surface area (Å²) in [6, 6.07) is 0. The van der Waals surface area contributed by atoms with Crippen molar-refractivity contribution in [3.05, 3.63) is 0 Å². The van der Waals surface area contributed by atoms with Gasteiger partial charge in [0.2, 0.25) is 5.91 Å². The Balaban J connectivity index is 0. The van der Waals surface area contributed by atoms with E-state index in [1.807, 2.05) is 0 Å². The third-order valence-corrected chi connectivity index (χ3v) is 1.97. The van der Waals surface area contributed by atoms with E-state index in [9.17, 15) is 9.90 Å². The van der Waals surface area contributed by atoms with Gasteiger partial charge in [0.05, 0.1) is 0 Å². The van der Waals surface area contributed by atoms with E-state index >= 15 is 0 Å². The molecule has 1 N–H and O–H groups in total. The van der Waals surface area contributed by atoms with Crippen LogP contribution in [0.15, 0.2) is 0 Å². The molecule has 0 aromatic carbocycles. The Kier molecular flexibility index (Phi) is 12.6. The summed E-state index contributed by atoms with van der Waals surface area (Å²) < 4.78 is 0. The van der Waals surface area contributed by atoms with Crippen LogP contribution in [0.4, 0.5) is 0 Å². The number of nitrogens with one attached hydrogen (secondary N) is 1. The molecule has 84 valence electrons. The van der Waals surface area contributed by atoms with Gasteiger partial charge in [0.1, 0.15) is 0 Å². The summed E-state index contributed by atoms with van der Waals surface area (Å²) in [6.07, 6.45) is 3.09. The minimum Gasteiger partial charge on any atom is -0.854 e. The van der Waals surface area contributed by atoms with Crippen LogP contribution < -0.4 is 61.8 Å². The molecule has 4 heteroatoms. The first-order valence-corrected chi connectivity index (χ1v) is 5.30. The molecule has 0 aliphatic rings. The van der Waals surface area contributed by atoms with Gasteiger partial charge in [-0.2, -0.15) is 0 Å². The largest absolute Gasteiger partial charge is 1.00 e. The van der Waals surface area contributed by atoms with Crippen molar-refractivity contribution in [2.45, 2.75) is 46.5 Å². The Morgan fingerprint density at radius 1 is 1.27 bits per heavy atom. The topological polar surface area (TPSA) is 52.2 Å². The molecule has 0 saturated heterocycles. The van der Waals surface area contributed by atoms with Gasteiger partial charge in [-0.25, -0.2) is 0 Å². The van der Waals surface area contributed by atoms with Crippen LogP contribution >= 0.6 is 0 Å². The number of carbonyl (C=O) groups excluding carboxylic acids is 1. The van der Waals surface area contributed by atoms with Crippen LogP contribution in [0, 0.1) is 5.41 Å². The Hall–Kier alpha value is 1.07. The van der Waals surface area contributed by atoms with Gasteiger partial charge in [-0.1, -0.05) is 27.2 Å². The summed E-state index contributed by atoms with van der Waals surface area (Å²) in [7, 11) is 0. The fourth-order valence-electron chi connectivity index (χ4n) is 1.17. The molecule has 0 aromatic rings. The molecule has 3 nitrogen and oxygen atoms in total. The first-order valence-electron chi connectivity index (χ1n) is 5.30. The van der Waals surface area contributed by atoms with Gasteiger partial charge in [0.15, 0.2) is 0 Å². The maximum atomic E-state index is 11.2. The van der Waals surface area contributed by atoms with E-state index in [1.165, 1.54) is 0 Å². The van der Waals surface area contributed by atoms with E-state index in [0.29, 0.717) is 24.8 Å². The van der Waals surface area contributed by atoms with Crippen LogP contribution in [-0.4, -0.2) is 19.1 Å². The standard InChI is InChI=1S/C11H22NO2.K/c1-11(2,3)7-4-6-10(14)12-8-5-9-13;/h4-9H2,1-3H3,(H,12,14);/q-1;+1. The van der Waals surface area contributed by atoms with Crippen LogP contribution in [0.5, 0.6) is 0 Å². The second-order valence-electron chi connectivity index (χ2n) is 4.82. The molecule has 0 spiro atoms. The van der Waals surface area contributed by atoms with Gasteiger partial charge < -0.3 is 10.4 Å². The fourth-order valence-corrected chi connectivity index (χ4v) is 1.17. The number of hydrogen-bond acceptors (Lipinski definition) is 2. The van der Waals surface area contributed by atoms with Crippen molar-refractivity contribution in [1.29, 1.82) is 0 Å². The van der Waals surface area contributed by atoms with E-state index in [4.69, 9.17) is 0 Å². The third kappa shape index (κ3) is 15.1. The SMILES string of the molecule is CC(C)(C)CCCC(=O)NCCC[O-].[K+]. The van der Waals surface area contributed by atoms with Crippen LogP contribution in [0.3, 0.4) is 0 Å². The molecule has 0 heterocycles. The van der Waals surface area contributed by atoms with Gasteiger partial charge >= 0.3 is 51.4 Å². The Bertz CT molecular complexity index is 166. The molecular formula is C11H22KNO2. The van der Waals surface area contributed by atoms with Crippen LogP contribution in [-0.2, 0) is 4.79 Å². The first-order chi connectivity index (χ1) is 6.45. The monoisotopic (exact) mass is 239 g/mol. The maximum Gasteiger partial charge on any atom is 1.00 e. The molecule has 0 atom stereocenters. The normalized spacial score (nSPS) is 10.7. The zero-order chi connectivity index (χ0) is 11.0. The Labute approximate surface area is 136 Å². The van der Waals surface area contributed by atoms with Crippen LogP contribution in [0.2, 0.25) is 0 Å². The molecule has 0 fully saturated rings. The predicted molar refractivity (Wildman–Crippen MR) is 55.8 cm³/mol. The van der Waals surface area contributed by atoms with Gasteiger partial charge in [-0.3, -0.25) is 4.79 Å². The van der Waals surface area contributed by atoms with Crippen molar-refractivity contribution in [2.75, 3.05) is 13.2 Å². The van der Waals surface area contributed by atoms with Crippen molar-refractivity contribution < 1.29 is 61.3 Å². The fraction of sp³-hybridized carbons (Fsp3) is 0.909. The summed E-state index contributed by atoms with van der Waals surface area (Å²) >= 11 is 0. The molecule has 0 bridgehead atoms. The predicted octanol–water partition coefficient (Wildman–Crippen LogP) is -1.93. The second kappa shape index (κ2) is 10.2. The molecule has 0 rings (SSSR count). The van der Waals surface area contributed by atoms with Gasteiger partial charge in [0.25, 0.3) is 0 Å². The number of rotatable bonds is 6. The second-order valence-corrected chi connectivity index (χ2v) is 4.82. The quantitative estimate of drug-likeness (QED) is 0.434. The average Bonchev–Trinajstić information content (AvgIpc) is 2.02. The number of carbonyl (C=O) groups is 1. The van der Waals surface area contributed by atoms with E-state index in [-0.39, 0.29) is 63.9 Å². The summed E-state index contributed by atoms with van der Waals surface area (Å²) in [5.41, 5.74) is 0.301. The average molecular weight is 239 g/mol. The van der Waals surface area contributed by atoms with Crippen molar-refractivity contribution >= 4 is 5.91 Å². The molecule has 0 unspecified atom stereocenters. The molecule has 0 aliphatic heterocycles. The summed E-state index contributed by atoms with van der Waals surface area (Å²) in [4.78, 5) is 11.2. The minimum absolute atomic E-state index is 0. The minimum atomic E-state index is -0.109. The molecule has 0 radical (unpaired) electrons. The van der Waals surface area contributed by atoms with Crippen molar-refractivity contribution in [2.24, 2.45) is 5.41 Å².